The van der Waals surface area contributed by atoms with Gasteiger partial charge in [-0.05, 0) is 37.9 Å². The zero-order chi connectivity index (χ0) is 12.7. The third-order valence-corrected chi connectivity index (χ3v) is 4.61. The molecule has 17 heavy (non-hydrogen) atoms. The fraction of sp³-hybridized carbons (Fsp3) is 0.600. The van der Waals surface area contributed by atoms with E-state index in [0.29, 0.717) is 6.04 Å². The smallest absolute Gasteiger partial charge is 0.0184 e. The van der Waals surface area contributed by atoms with Crippen molar-refractivity contribution in [3.05, 3.63) is 29.8 Å². The molecule has 1 N–H and O–H groups in total. The van der Waals surface area contributed by atoms with E-state index in [1.165, 1.54) is 23.3 Å². The molecule has 1 aromatic rings. The van der Waals surface area contributed by atoms with Crippen LogP contribution in [0.3, 0.4) is 0 Å². The van der Waals surface area contributed by atoms with Crippen molar-refractivity contribution in [2.24, 2.45) is 5.92 Å². The van der Waals surface area contributed by atoms with Crippen molar-refractivity contribution in [1.29, 1.82) is 0 Å². The van der Waals surface area contributed by atoms with E-state index in [1.54, 1.807) is 0 Å². The van der Waals surface area contributed by atoms with Gasteiger partial charge in [-0.1, -0.05) is 38.5 Å². The molecule has 1 nitrogen and oxygen atoms in total. The topological polar surface area (TPSA) is 12.0 Å². The normalized spacial score (nSPS) is 14.6. The summed E-state index contributed by atoms with van der Waals surface area (Å²) in [6.07, 6.45) is 2.58. The molecule has 0 aliphatic rings. The number of benzene rings is 1. The van der Waals surface area contributed by atoms with Crippen LogP contribution in [0.2, 0.25) is 0 Å². The lowest BCUT2D eigenvalue weighted by molar-refractivity contribution is 0.403. The molecule has 2 heteroatoms. The van der Waals surface area contributed by atoms with Gasteiger partial charge in [0.1, 0.15) is 0 Å². The van der Waals surface area contributed by atoms with E-state index >= 15 is 0 Å². The minimum absolute atomic E-state index is 0.611. The first-order chi connectivity index (χ1) is 8.19. The molecule has 0 saturated carbocycles. The SMILES string of the molecule is CCCC(C)C(CSc1ccccc1C)NC. The summed E-state index contributed by atoms with van der Waals surface area (Å²) in [6, 6.07) is 9.25. The van der Waals surface area contributed by atoms with E-state index in [1.807, 2.05) is 11.8 Å². The molecule has 0 aromatic heterocycles. The fourth-order valence-corrected chi connectivity index (χ4v) is 3.41. The molecule has 0 saturated heterocycles. The minimum atomic E-state index is 0.611. The highest BCUT2D eigenvalue weighted by atomic mass is 32.2. The van der Waals surface area contributed by atoms with Gasteiger partial charge in [0.05, 0.1) is 0 Å². The Bertz CT molecular complexity index is 324. The first-order valence-electron chi connectivity index (χ1n) is 6.54. The standard InChI is InChI=1S/C15H25NS/c1-5-8-12(2)14(16-4)11-17-15-10-7-6-9-13(15)3/h6-7,9-10,12,14,16H,5,8,11H2,1-4H3. The number of hydrogen-bond donors (Lipinski definition) is 1. The average Bonchev–Trinajstić information content (AvgIpc) is 2.32. The van der Waals surface area contributed by atoms with Crippen LogP contribution in [0, 0.1) is 12.8 Å². The Morgan fingerprint density at radius 1 is 1.29 bits per heavy atom. The van der Waals surface area contributed by atoms with Crippen LogP contribution in [-0.2, 0) is 0 Å². The van der Waals surface area contributed by atoms with Crippen LogP contribution in [0.4, 0.5) is 0 Å². The van der Waals surface area contributed by atoms with Crippen LogP contribution in [0.25, 0.3) is 0 Å². The molecule has 0 amide bonds. The Balaban J connectivity index is 2.50. The van der Waals surface area contributed by atoms with Gasteiger partial charge in [-0.3, -0.25) is 0 Å². The summed E-state index contributed by atoms with van der Waals surface area (Å²) in [5.74, 6) is 1.91. The molecule has 0 bridgehead atoms. The Labute approximate surface area is 110 Å². The van der Waals surface area contributed by atoms with Gasteiger partial charge in [0.2, 0.25) is 0 Å². The highest BCUT2D eigenvalue weighted by Gasteiger charge is 2.14. The molecule has 0 aliphatic heterocycles. The van der Waals surface area contributed by atoms with Crippen molar-refractivity contribution in [2.75, 3.05) is 12.8 Å². The van der Waals surface area contributed by atoms with Crippen LogP contribution >= 0.6 is 11.8 Å². The van der Waals surface area contributed by atoms with Gasteiger partial charge in [-0.15, -0.1) is 11.8 Å². The zero-order valence-electron chi connectivity index (χ0n) is 11.5. The second kappa shape index (κ2) is 7.78. The van der Waals surface area contributed by atoms with Crippen LogP contribution in [0.1, 0.15) is 32.3 Å². The van der Waals surface area contributed by atoms with Crippen molar-refractivity contribution in [3.8, 4) is 0 Å². The van der Waals surface area contributed by atoms with Gasteiger partial charge < -0.3 is 5.32 Å². The van der Waals surface area contributed by atoms with E-state index in [4.69, 9.17) is 0 Å². The second-order valence-corrected chi connectivity index (χ2v) is 5.80. The summed E-state index contributed by atoms with van der Waals surface area (Å²) in [5, 5.41) is 3.46. The summed E-state index contributed by atoms with van der Waals surface area (Å²) in [7, 11) is 2.08. The number of hydrogen-bond acceptors (Lipinski definition) is 2. The highest BCUT2D eigenvalue weighted by molar-refractivity contribution is 7.99. The maximum atomic E-state index is 3.46. The average molecular weight is 251 g/mol. The molecule has 1 aromatic carbocycles. The highest BCUT2D eigenvalue weighted by Crippen LogP contribution is 2.24. The van der Waals surface area contributed by atoms with Gasteiger partial charge >= 0.3 is 0 Å². The maximum absolute atomic E-state index is 3.46. The van der Waals surface area contributed by atoms with Crippen LogP contribution < -0.4 is 5.32 Å². The molecule has 2 unspecified atom stereocenters. The van der Waals surface area contributed by atoms with Gasteiger partial charge in [0, 0.05) is 16.7 Å². The predicted molar refractivity (Wildman–Crippen MR) is 78.8 cm³/mol. The molecule has 0 aliphatic carbocycles. The summed E-state index contributed by atoms with van der Waals surface area (Å²) >= 11 is 1.97. The lowest BCUT2D eigenvalue weighted by atomic mass is 9.98. The fourth-order valence-electron chi connectivity index (χ4n) is 2.09. The molecule has 0 heterocycles. The molecule has 96 valence electrons. The Hall–Kier alpha value is -0.470. The van der Waals surface area contributed by atoms with Gasteiger partial charge in [0.15, 0.2) is 0 Å². The summed E-state index contributed by atoms with van der Waals surface area (Å²) < 4.78 is 0. The van der Waals surface area contributed by atoms with Crippen LogP contribution in [0.15, 0.2) is 29.2 Å². The third kappa shape index (κ3) is 4.72. The van der Waals surface area contributed by atoms with E-state index in [0.717, 1.165) is 11.7 Å². The van der Waals surface area contributed by atoms with Crippen LogP contribution in [0.5, 0.6) is 0 Å². The van der Waals surface area contributed by atoms with E-state index < -0.39 is 0 Å². The zero-order valence-corrected chi connectivity index (χ0v) is 12.3. The molecular weight excluding hydrogens is 226 g/mol. The summed E-state index contributed by atoms with van der Waals surface area (Å²) in [6.45, 7) is 6.80. The quantitative estimate of drug-likeness (QED) is 0.732. The maximum Gasteiger partial charge on any atom is 0.0184 e. The molecule has 2 atom stereocenters. The van der Waals surface area contributed by atoms with Crippen molar-refractivity contribution in [2.45, 2.75) is 44.6 Å². The van der Waals surface area contributed by atoms with E-state index in [9.17, 15) is 0 Å². The Kier molecular flexibility index (Phi) is 6.68. The summed E-state index contributed by atoms with van der Waals surface area (Å²) in [5.41, 5.74) is 1.38. The minimum Gasteiger partial charge on any atom is -0.316 e. The number of aryl methyl sites for hydroxylation is 1. The van der Waals surface area contributed by atoms with Crippen molar-refractivity contribution in [3.63, 3.8) is 0 Å². The van der Waals surface area contributed by atoms with Gasteiger partial charge in [0.25, 0.3) is 0 Å². The number of rotatable bonds is 7. The first kappa shape index (κ1) is 14.6. The van der Waals surface area contributed by atoms with E-state index in [2.05, 4.69) is 57.4 Å². The van der Waals surface area contributed by atoms with Crippen LogP contribution in [-0.4, -0.2) is 18.8 Å². The lowest BCUT2D eigenvalue weighted by Crippen LogP contribution is -2.34. The number of thioether (sulfide) groups is 1. The molecule has 0 spiro atoms. The van der Waals surface area contributed by atoms with Crippen molar-refractivity contribution in [1.82, 2.24) is 5.32 Å². The second-order valence-electron chi connectivity index (χ2n) is 4.74. The molecule has 0 fully saturated rings. The van der Waals surface area contributed by atoms with Crippen molar-refractivity contribution < 1.29 is 0 Å². The molecular formula is C15H25NS. The predicted octanol–water partition coefficient (Wildman–Crippen LogP) is 4.11. The van der Waals surface area contributed by atoms with Gasteiger partial charge in [-0.2, -0.15) is 0 Å². The molecule has 1 rings (SSSR count). The Morgan fingerprint density at radius 2 is 2.00 bits per heavy atom. The number of nitrogens with one attached hydrogen (secondary N) is 1. The first-order valence-corrected chi connectivity index (χ1v) is 7.53. The largest absolute Gasteiger partial charge is 0.316 e. The van der Waals surface area contributed by atoms with E-state index in [-0.39, 0.29) is 0 Å². The molecule has 0 radical (unpaired) electrons. The van der Waals surface area contributed by atoms with Crippen molar-refractivity contribution >= 4 is 11.8 Å². The summed E-state index contributed by atoms with van der Waals surface area (Å²) in [4.78, 5) is 1.41. The third-order valence-electron chi connectivity index (χ3n) is 3.31. The monoisotopic (exact) mass is 251 g/mol. The van der Waals surface area contributed by atoms with Gasteiger partial charge in [-0.25, -0.2) is 0 Å². The lowest BCUT2D eigenvalue weighted by Gasteiger charge is -2.23. The Morgan fingerprint density at radius 3 is 2.59 bits per heavy atom.